The van der Waals surface area contributed by atoms with Crippen molar-refractivity contribution in [3.8, 4) is 0 Å². The maximum Gasteiger partial charge on any atom is 0.173 e. The van der Waals surface area contributed by atoms with E-state index in [4.69, 9.17) is 10.7 Å². The van der Waals surface area contributed by atoms with Gasteiger partial charge < -0.3 is 0 Å². The highest BCUT2D eigenvalue weighted by Crippen LogP contribution is 1.99. The van der Waals surface area contributed by atoms with E-state index in [1.54, 1.807) is 0 Å². The molecule has 1 aromatic rings. The van der Waals surface area contributed by atoms with Crippen LogP contribution in [0.5, 0.6) is 0 Å². The number of halogens is 1. The van der Waals surface area contributed by atoms with Gasteiger partial charge in [-0.3, -0.25) is 0 Å². The largest absolute Gasteiger partial charge is 0.173 e. The highest BCUT2D eigenvalue weighted by Gasteiger charge is 1.94. The molecular formula is C8H10ClS+. The predicted molar refractivity (Wildman–Crippen MR) is 49.6 cm³/mol. The third-order valence-electron chi connectivity index (χ3n) is 1.33. The number of thiol groups is 1. The number of benzene rings is 1. The highest BCUT2D eigenvalue weighted by molar-refractivity contribution is 8.02. The normalized spacial score (nSPS) is 9.70. The van der Waals surface area contributed by atoms with Crippen molar-refractivity contribution in [2.75, 3.05) is 5.75 Å². The van der Waals surface area contributed by atoms with Gasteiger partial charge in [-0.1, -0.05) is 30.3 Å². The lowest BCUT2D eigenvalue weighted by Gasteiger charge is -1.92. The van der Waals surface area contributed by atoms with Crippen LogP contribution in [0.3, 0.4) is 0 Å². The third kappa shape index (κ3) is 2.63. The van der Waals surface area contributed by atoms with E-state index in [-0.39, 0.29) is 0 Å². The third-order valence-corrected chi connectivity index (χ3v) is 2.23. The minimum atomic E-state index is 0.962. The molecule has 0 aliphatic rings. The first-order valence-corrected chi connectivity index (χ1v) is 5.23. The molecule has 0 saturated heterocycles. The number of hydrogen-bond acceptors (Lipinski definition) is 0. The second-order valence-electron chi connectivity index (χ2n) is 2.08. The lowest BCUT2D eigenvalue weighted by atomic mass is 10.2. The molecule has 0 fully saturated rings. The van der Waals surface area contributed by atoms with Crippen LogP contribution in [0.4, 0.5) is 0 Å². The van der Waals surface area contributed by atoms with Crippen LogP contribution in [0.25, 0.3) is 0 Å². The first-order chi connectivity index (χ1) is 4.93. The second-order valence-corrected chi connectivity index (χ2v) is 3.48. The van der Waals surface area contributed by atoms with Gasteiger partial charge in [0.1, 0.15) is 5.75 Å². The molecule has 0 amide bonds. The highest BCUT2D eigenvalue weighted by atomic mass is 35.7. The van der Waals surface area contributed by atoms with Crippen LogP contribution in [0, 0.1) is 0 Å². The molecule has 0 bridgehead atoms. The van der Waals surface area contributed by atoms with Crippen molar-refractivity contribution in [1.29, 1.82) is 0 Å². The summed E-state index contributed by atoms with van der Waals surface area (Å²) in [4.78, 5) is 0. The van der Waals surface area contributed by atoms with E-state index in [1.165, 1.54) is 5.56 Å². The van der Waals surface area contributed by atoms with E-state index in [2.05, 4.69) is 24.3 Å². The monoisotopic (exact) mass is 173 g/mol. The minimum Gasteiger partial charge on any atom is -0.0622 e. The number of aryl methyl sites for hydroxylation is 1. The maximum atomic E-state index is 5.52. The van der Waals surface area contributed by atoms with Gasteiger partial charge in [0.05, 0.1) is 11.0 Å². The zero-order valence-electron chi connectivity index (χ0n) is 5.63. The van der Waals surface area contributed by atoms with E-state index in [0.29, 0.717) is 0 Å². The summed E-state index contributed by atoms with van der Waals surface area (Å²) < 4.78 is 0. The fraction of sp³-hybridized carbons (Fsp3) is 0.250. The molecule has 0 saturated carbocycles. The fourth-order valence-corrected chi connectivity index (χ4v) is 1.41. The zero-order valence-corrected chi connectivity index (χ0v) is 7.28. The molecule has 0 nitrogen and oxygen atoms in total. The molecule has 1 aromatic carbocycles. The standard InChI is InChI=1S/C8H9ClS/c9-10-7-6-8-4-2-1-3-5-8/h1-5H,6-7H2/p+1. The fourth-order valence-electron chi connectivity index (χ4n) is 0.816. The van der Waals surface area contributed by atoms with Crippen molar-refractivity contribution in [2.24, 2.45) is 0 Å². The molecule has 0 aliphatic carbocycles. The summed E-state index contributed by atoms with van der Waals surface area (Å²) in [5, 5.41) is 0. The molecule has 0 unspecified atom stereocenters. The van der Waals surface area contributed by atoms with E-state index in [9.17, 15) is 0 Å². The molecule has 2 heteroatoms. The summed E-state index contributed by atoms with van der Waals surface area (Å²) in [6.07, 6.45) is 1.09. The van der Waals surface area contributed by atoms with Gasteiger partial charge in [-0.2, -0.15) is 0 Å². The quantitative estimate of drug-likeness (QED) is 0.486. The number of hydrogen-bond donors (Lipinski definition) is 0. The zero-order chi connectivity index (χ0) is 7.23. The molecule has 10 heavy (non-hydrogen) atoms. The Labute approximate surface area is 70.1 Å². The molecule has 0 aliphatic heterocycles. The van der Waals surface area contributed by atoms with Crippen LogP contribution >= 0.6 is 10.7 Å². The lowest BCUT2D eigenvalue weighted by Crippen LogP contribution is -1.89. The molecule has 0 atom stereocenters. The average Bonchev–Trinajstić information content (AvgIpc) is 2.03. The minimum absolute atomic E-state index is 0.962. The van der Waals surface area contributed by atoms with Crippen LogP contribution in [0.15, 0.2) is 30.3 Å². The Balaban J connectivity index is 2.43. The molecule has 0 N–H and O–H groups in total. The van der Waals surface area contributed by atoms with Gasteiger partial charge in [-0.05, 0) is 5.56 Å². The van der Waals surface area contributed by atoms with Gasteiger partial charge in [0.15, 0.2) is 10.7 Å². The summed E-state index contributed by atoms with van der Waals surface area (Å²) in [7, 11) is 6.49. The van der Waals surface area contributed by atoms with E-state index in [0.717, 1.165) is 23.1 Å². The molecule has 0 aromatic heterocycles. The van der Waals surface area contributed by atoms with Gasteiger partial charge in [0.2, 0.25) is 0 Å². The Morgan fingerprint density at radius 3 is 2.50 bits per heavy atom. The number of rotatable bonds is 3. The first kappa shape index (κ1) is 7.96. The molecule has 54 valence electrons. The van der Waals surface area contributed by atoms with Crippen molar-refractivity contribution in [3.05, 3.63) is 35.9 Å². The van der Waals surface area contributed by atoms with Crippen molar-refractivity contribution in [3.63, 3.8) is 0 Å². The summed E-state index contributed by atoms with van der Waals surface area (Å²) in [6.45, 7) is 0. The Morgan fingerprint density at radius 1 is 1.20 bits per heavy atom. The summed E-state index contributed by atoms with van der Waals surface area (Å²) >= 11 is 0. The van der Waals surface area contributed by atoms with E-state index in [1.807, 2.05) is 6.07 Å². The summed E-state index contributed by atoms with van der Waals surface area (Å²) in [5.74, 6) is 1.05. The van der Waals surface area contributed by atoms with Crippen LogP contribution in [-0.2, 0) is 17.4 Å². The Hall–Kier alpha value is -0.140. The second kappa shape index (κ2) is 4.64. The maximum absolute atomic E-state index is 5.52. The van der Waals surface area contributed by atoms with Crippen molar-refractivity contribution in [2.45, 2.75) is 6.42 Å². The van der Waals surface area contributed by atoms with Crippen molar-refractivity contribution < 1.29 is 0 Å². The average molecular weight is 174 g/mol. The predicted octanol–water partition coefficient (Wildman–Crippen LogP) is 2.20. The molecular weight excluding hydrogens is 164 g/mol. The molecule has 0 spiro atoms. The smallest absolute Gasteiger partial charge is 0.0622 e. The topological polar surface area (TPSA) is 0 Å². The Bertz CT molecular complexity index is 174. The van der Waals surface area contributed by atoms with E-state index >= 15 is 0 Å². The van der Waals surface area contributed by atoms with Crippen LogP contribution < -0.4 is 0 Å². The Morgan fingerprint density at radius 2 is 1.90 bits per heavy atom. The summed E-state index contributed by atoms with van der Waals surface area (Å²) in [5.41, 5.74) is 1.37. The first-order valence-electron chi connectivity index (χ1n) is 3.25. The molecule has 0 heterocycles. The van der Waals surface area contributed by atoms with Gasteiger partial charge in [-0.15, -0.1) is 0 Å². The Kier molecular flexibility index (Phi) is 3.69. The van der Waals surface area contributed by atoms with Crippen LogP contribution in [0.2, 0.25) is 0 Å². The van der Waals surface area contributed by atoms with Gasteiger partial charge in [-0.25, -0.2) is 0 Å². The van der Waals surface area contributed by atoms with Gasteiger partial charge >= 0.3 is 0 Å². The van der Waals surface area contributed by atoms with Crippen molar-refractivity contribution >= 4 is 21.7 Å². The molecule has 0 radical (unpaired) electrons. The SMILES string of the molecule is Cl[SH+]CCc1ccccc1. The van der Waals surface area contributed by atoms with Crippen LogP contribution in [-0.4, -0.2) is 5.75 Å². The van der Waals surface area contributed by atoms with E-state index < -0.39 is 0 Å². The lowest BCUT2D eigenvalue weighted by molar-refractivity contribution is 1.16. The van der Waals surface area contributed by atoms with Crippen molar-refractivity contribution in [1.82, 2.24) is 0 Å². The summed E-state index contributed by atoms with van der Waals surface area (Å²) in [6, 6.07) is 10.4. The van der Waals surface area contributed by atoms with Crippen LogP contribution in [0.1, 0.15) is 5.56 Å². The van der Waals surface area contributed by atoms with Gasteiger partial charge in [0, 0.05) is 6.42 Å². The molecule has 1 rings (SSSR count). The van der Waals surface area contributed by atoms with Gasteiger partial charge in [0.25, 0.3) is 0 Å².